The van der Waals surface area contributed by atoms with Crippen LogP contribution in [0, 0.1) is 0 Å². The van der Waals surface area contributed by atoms with Gasteiger partial charge in [0, 0.05) is 0 Å². The molecule has 0 aliphatic heterocycles. The van der Waals surface area contributed by atoms with Gasteiger partial charge in [-0.15, -0.1) is 0 Å². The van der Waals surface area contributed by atoms with Crippen molar-refractivity contribution in [1.29, 1.82) is 0 Å². The summed E-state index contributed by atoms with van der Waals surface area (Å²) in [6.07, 6.45) is -3.38. The summed E-state index contributed by atoms with van der Waals surface area (Å²) >= 11 is 0. The average Bonchev–Trinajstić information content (AvgIpc) is 2.40. The van der Waals surface area contributed by atoms with Crippen molar-refractivity contribution in [3.63, 3.8) is 0 Å². The Balaban J connectivity index is 0.000000370. The van der Waals surface area contributed by atoms with Crippen LogP contribution in [0.3, 0.4) is 0 Å². The lowest BCUT2D eigenvalue weighted by Crippen LogP contribution is -2.23. The first-order valence-corrected chi connectivity index (χ1v) is 5.08. The van der Waals surface area contributed by atoms with Gasteiger partial charge in [-0.2, -0.15) is 13.2 Å². The van der Waals surface area contributed by atoms with E-state index in [2.05, 4.69) is 22.6 Å². The average molecular weight is 288 g/mol. The molecule has 1 aromatic carbocycles. The first-order valence-electron chi connectivity index (χ1n) is 5.08. The molecule has 0 aromatic heterocycles. The lowest BCUT2D eigenvalue weighted by Gasteiger charge is -2.00. The van der Waals surface area contributed by atoms with E-state index in [-0.39, 0.29) is 5.97 Å². The van der Waals surface area contributed by atoms with E-state index in [1.807, 2.05) is 6.07 Å². The van der Waals surface area contributed by atoms with Crippen LogP contribution in [-0.2, 0) is 14.3 Å². The van der Waals surface area contributed by atoms with E-state index in [0.29, 0.717) is 11.8 Å². The maximum atomic E-state index is 11.1. The number of alkyl halides is 3. The van der Waals surface area contributed by atoms with Crippen LogP contribution in [0.25, 0.3) is 0 Å². The van der Waals surface area contributed by atoms with Crippen molar-refractivity contribution >= 4 is 11.9 Å². The molecule has 0 atom stereocenters. The van der Waals surface area contributed by atoms with Crippen LogP contribution in [0.15, 0.2) is 56.0 Å². The molecule has 1 aromatic rings. The second-order valence-electron chi connectivity index (χ2n) is 3.01. The summed E-state index contributed by atoms with van der Waals surface area (Å²) < 4.78 is 41.3. The molecular weight excluding hydrogens is 277 g/mol. The van der Waals surface area contributed by atoms with Gasteiger partial charge in [-0.25, -0.2) is 9.59 Å². The predicted octanol–water partition coefficient (Wildman–Crippen LogP) is 3.22. The second kappa shape index (κ2) is 8.52. The number of hydrogen-bond acceptors (Lipinski definition) is 4. The monoisotopic (exact) mass is 288 g/mol. The summed E-state index contributed by atoms with van der Waals surface area (Å²) in [4.78, 5) is 20.6. The molecule has 108 valence electrons. The van der Waals surface area contributed by atoms with Crippen molar-refractivity contribution in [2.24, 2.45) is 0 Å². The Labute approximate surface area is 113 Å². The summed E-state index contributed by atoms with van der Waals surface area (Å²) in [7, 11) is 0. The number of esters is 2. The van der Waals surface area contributed by atoms with Crippen molar-refractivity contribution in [1.82, 2.24) is 0 Å². The zero-order valence-corrected chi connectivity index (χ0v) is 10.2. The zero-order chi connectivity index (χ0) is 15.6. The Morgan fingerprint density at radius 2 is 1.50 bits per heavy atom. The SMILES string of the molecule is C=COC(=O)C(F)(F)F.C=COC(=O)c1ccccc1. The van der Waals surface area contributed by atoms with Gasteiger partial charge < -0.3 is 9.47 Å². The first-order chi connectivity index (χ1) is 9.32. The highest BCUT2D eigenvalue weighted by Gasteiger charge is 2.40. The fourth-order valence-corrected chi connectivity index (χ4v) is 0.860. The van der Waals surface area contributed by atoms with Crippen molar-refractivity contribution in [2.45, 2.75) is 6.18 Å². The van der Waals surface area contributed by atoms with Gasteiger partial charge in [0.05, 0.1) is 18.1 Å². The molecule has 0 saturated carbocycles. The van der Waals surface area contributed by atoms with Gasteiger partial charge in [-0.1, -0.05) is 31.4 Å². The zero-order valence-electron chi connectivity index (χ0n) is 10.2. The Morgan fingerprint density at radius 3 is 1.85 bits per heavy atom. The Bertz CT molecular complexity index is 466. The van der Waals surface area contributed by atoms with E-state index in [1.165, 1.54) is 0 Å². The van der Waals surface area contributed by atoms with E-state index >= 15 is 0 Å². The summed E-state index contributed by atoms with van der Waals surface area (Å²) in [6.45, 7) is 6.05. The molecule has 4 nitrogen and oxygen atoms in total. The number of carbonyl (C=O) groups is 2. The lowest BCUT2D eigenvalue weighted by molar-refractivity contribution is -0.193. The Kier molecular flexibility index (Phi) is 7.42. The van der Waals surface area contributed by atoms with Gasteiger partial charge in [-0.3, -0.25) is 0 Å². The summed E-state index contributed by atoms with van der Waals surface area (Å²) in [5, 5.41) is 0. The number of benzene rings is 1. The first kappa shape index (κ1) is 17.4. The number of ether oxygens (including phenoxy) is 2. The van der Waals surface area contributed by atoms with Crippen molar-refractivity contribution < 1.29 is 32.2 Å². The lowest BCUT2D eigenvalue weighted by atomic mass is 10.2. The van der Waals surface area contributed by atoms with Crippen LogP contribution < -0.4 is 0 Å². The van der Waals surface area contributed by atoms with Crippen LogP contribution in [-0.4, -0.2) is 18.1 Å². The number of hydrogen-bond donors (Lipinski definition) is 0. The number of halogens is 3. The van der Waals surface area contributed by atoms with Gasteiger partial charge in [-0.05, 0) is 12.1 Å². The normalized spacial score (nSPS) is 9.55. The smallest absolute Gasteiger partial charge is 0.432 e. The maximum Gasteiger partial charge on any atom is 0.491 e. The van der Waals surface area contributed by atoms with E-state index < -0.39 is 12.1 Å². The molecule has 0 saturated heterocycles. The molecule has 7 heteroatoms. The third-order valence-electron chi connectivity index (χ3n) is 1.62. The third-order valence-corrected chi connectivity index (χ3v) is 1.62. The summed E-state index contributed by atoms with van der Waals surface area (Å²) in [5.41, 5.74) is 0.535. The van der Waals surface area contributed by atoms with Gasteiger partial charge in [0.25, 0.3) is 0 Å². The quantitative estimate of drug-likeness (QED) is 0.633. The highest BCUT2D eigenvalue weighted by Crippen LogP contribution is 2.16. The van der Waals surface area contributed by atoms with Crippen LogP contribution in [0.1, 0.15) is 10.4 Å². The molecule has 0 amide bonds. The molecule has 0 unspecified atom stereocenters. The molecule has 0 fully saturated rings. The molecule has 1 rings (SSSR count). The molecule has 0 bridgehead atoms. The van der Waals surface area contributed by atoms with Crippen molar-refractivity contribution in [2.75, 3.05) is 0 Å². The molecule has 0 N–H and O–H groups in total. The Hall–Kier alpha value is -2.57. The van der Waals surface area contributed by atoms with Crippen molar-refractivity contribution in [3.05, 3.63) is 61.6 Å². The topological polar surface area (TPSA) is 52.6 Å². The standard InChI is InChI=1S/C9H8O2.C4H3F3O2/c1-2-11-9(10)8-6-4-3-5-7-8;1-2-9-3(8)4(5,6)7/h2-7H,1H2;2H,1H2. The molecule has 0 radical (unpaired) electrons. The second-order valence-corrected chi connectivity index (χ2v) is 3.01. The largest absolute Gasteiger partial charge is 0.491 e. The molecule has 0 spiro atoms. The Morgan fingerprint density at radius 1 is 1.00 bits per heavy atom. The van der Waals surface area contributed by atoms with E-state index in [0.717, 1.165) is 6.26 Å². The summed E-state index contributed by atoms with van der Waals surface area (Å²) in [6, 6.07) is 8.77. The molecule has 20 heavy (non-hydrogen) atoms. The number of rotatable bonds is 3. The molecular formula is C13H11F3O4. The third kappa shape index (κ3) is 7.00. The fraction of sp³-hybridized carbons (Fsp3) is 0.0769. The molecule has 0 aliphatic rings. The predicted molar refractivity (Wildman–Crippen MR) is 64.4 cm³/mol. The minimum Gasteiger partial charge on any atom is -0.432 e. The minimum absolute atomic E-state index is 0.374. The van der Waals surface area contributed by atoms with Gasteiger partial charge in [0.1, 0.15) is 0 Å². The fourth-order valence-electron chi connectivity index (χ4n) is 0.860. The van der Waals surface area contributed by atoms with Gasteiger partial charge in [0.2, 0.25) is 0 Å². The van der Waals surface area contributed by atoms with Gasteiger partial charge in [0.15, 0.2) is 0 Å². The van der Waals surface area contributed by atoms with Gasteiger partial charge >= 0.3 is 18.1 Å². The van der Waals surface area contributed by atoms with Crippen LogP contribution in [0.4, 0.5) is 13.2 Å². The summed E-state index contributed by atoms with van der Waals surface area (Å²) in [5.74, 6) is -2.63. The molecule has 0 heterocycles. The van der Waals surface area contributed by atoms with E-state index in [9.17, 15) is 22.8 Å². The highest BCUT2D eigenvalue weighted by atomic mass is 19.4. The van der Waals surface area contributed by atoms with Crippen LogP contribution in [0.2, 0.25) is 0 Å². The molecule has 0 aliphatic carbocycles. The number of carbonyl (C=O) groups excluding carboxylic acids is 2. The van der Waals surface area contributed by atoms with E-state index in [1.54, 1.807) is 24.3 Å². The van der Waals surface area contributed by atoms with E-state index in [4.69, 9.17) is 0 Å². The van der Waals surface area contributed by atoms with Crippen molar-refractivity contribution in [3.8, 4) is 0 Å². The minimum atomic E-state index is -4.92. The maximum absolute atomic E-state index is 11.1. The highest BCUT2D eigenvalue weighted by molar-refractivity contribution is 5.89. The van der Waals surface area contributed by atoms with Crippen LogP contribution in [0.5, 0.6) is 0 Å². The van der Waals surface area contributed by atoms with Crippen LogP contribution >= 0.6 is 0 Å².